The Morgan fingerprint density at radius 2 is 2.00 bits per heavy atom. The van der Waals surface area contributed by atoms with Crippen LogP contribution in [0.1, 0.15) is 18.4 Å². The summed E-state index contributed by atoms with van der Waals surface area (Å²) in [5.74, 6) is -0.958. The van der Waals surface area contributed by atoms with E-state index < -0.39 is 15.8 Å². The average molecular weight is 431 g/mol. The van der Waals surface area contributed by atoms with Gasteiger partial charge in [0, 0.05) is 18.7 Å². The highest BCUT2D eigenvalue weighted by Crippen LogP contribution is 2.30. The third kappa shape index (κ3) is 4.54. The van der Waals surface area contributed by atoms with E-state index >= 15 is 0 Å². The number of nitrogens with zero attached hydrogens (tertiary/aromatic N) is 1. The van der Waals surface area contributed by atoms with Gasteiger partial charge in [-0.3, -0.25) is 9.10 Å². The van der Waals surface area contributed by atoms with Gasteiger partial charge in [-0.1, -0.05) is 35.3 Å². The number of carbonyl (C=O) groups excluding carboxylic acids is 1. The van der Waals surface area contributed by atoms with Gasteiger partial charge in [0.05, 0.1) is 21.5 Å². The van der Waals surface area contributed by atoms with Crippen molar-refractivity contribution in [3.63, 3.8) is 0 Å². The van der Waals surface area contributed by atoms with Gasteiger partial charge in [-0.15, -0.1) is 0 Å². The number of sulfonamides is 1. The summed E-state index contributed by atoms with van der Waals surface area (Å²) in [6, 6.07) is 9.08. The van der Waals surface area contributed by atoms with Crippen LogP contribution in [0, 0.1) is 5.82 Å². The van der Waals surface area contributed by atoms with Gasteiger partial charge in [0.2, 0.25) is 15.9 Å². The summed E-state index contributed by atoms with van der Waals surface area (Å²) in [6.45, 7) is 0.226. The lowest BCUT2D eigenvalue weighted by molar-refractivity contribution is -0.116. The molecule has 144 valence electrons. The first kappa shape index (κ1) is 19.9. The molecule has 1 N–H and O–H groups in total. The molecular formula is C18H17Cl2FN2O3S. The van der Waals surface area contributed by atoms with Crippen LogP contribution in [0.15, 0.2) is 36.4 Å². The Morgan fingerprint density at radius 1 is 1.22 bits per heavy atom. The standard InChI is InChI=1S/C18H17Cl2FN2O3S/c19-14-4-1-3-12(18(14)20)5-8-17(24)22-13-6-7-15(21)16(11-13)23-9-2-10-27(23,25)26/h1,3-4,6-7,11H,2,5,8-10H2,(H,22,24). The molecule has 1 saturated heterocycles. The highest BCUT2D eigenvalue weighted by atomic mass is 35.5. The molecule has 1 heterocycles. The van der Waals surface area contributed by atoms with Crippen LogP contribution in [0.5, 0.6) is 0 Å². The van der Waals surface area contributed by atoms with Crippen molar-refractivity contribution in [3.8, 4) is 0 Å². The van der Waals surface area contributed by atoms with Gasteiger partial charge in [0.25, 0.3) is 0 Å². The molecule has 9 heteroatoms. The number of amides is 1. The van der Waals surface area contributed by atoms with Gasteiger partial charge in [-0.2, -0.15) is 0 Å². The average Bonchev–Trinajstić information content (AvgIpc) is 2.97. The molecule has 1 fully saturated rings. The first-order valence-electron chi connectivity index (χ1n) is 8.30. The third-order valence-corrected chi connectivity index (χ3v) is 6.96. The van der Waals surface area contributed by atoms with Crippen molar-refractivity contribution in [2.24, 2.45) is 0 Å². The van der Waals surface area contributed by atoms with E-state index in [4.69, 9.17) is 23.2 Å². The quantitative estimate of drug-likeness (QED) is 0.770. The lowest BCUT2D eigenvalue weighted by Gasteiger charge is -2.18. The van der Waals surface area contributed by atoms with Crippen LogP contribution in [-0.4, -0.2) is 26.6 Å². The second-order valence-electron chi connectivity index (χ2n) is 6.17. The van der Waals surface area contributed by atoms with E-state index in [1.165, 1.54) is 12.1 Å². The first-order chi connectivity index (χ1) is 12.8. The van der Waals surface area contributed by atoms with Crippen molar-refractivity contribution in [2.45, 2.75) is 19.3 Å². The van der Waals surface area contributed by atoms with E-state index in [2.05, 4.69) is 5.32 Å². The summed E-state index contributed by atoms with van der Waals surface area (Å²) in [5.41, 5.74) is 1.03. The molecular weight excluding hydrogens is 414 g/mol. The van der Waals surface area contributed by atoms with Crippen LogP contribution in [0.3, 0.4) is 0 Å². The maximum absolute atomic E-state index is 14.1. The molecule has 1 aliphatic heterocycles. The molecule has 0 saturated carbocycles. The first-order valence-corrected chi connectivity index (χ1v) is 10.7. The van der Waals surface area contributed by atoms with Crippen molar-refractivity contribution in [1.29, 1.82) is 0 Å². The largest absolute Gasteiger partial charge is 0.326 e. The second-order valence-corrected chi connectivity index (χ2v) is 8.97. The minimum Gasteiger partial charge on any atom is -0.326 e. The molecule has 0 radical (unpaired) electrons. The topological polar surface area (TPSA) is 66.5 Å². The van der Waals surface area contributed by atoms with Crippen LogP contribution in [0.25, 0.3) is 0 Å². The molecule has 5 nitrogen and oxygen atoms in total. The number of rotatable bonds is 5. The normalized spacial score (nSPS) is 15.7. The van der Waals surface area contributed by atoms with Crippen LogP contribution in [-0.2, 0) is 21.2 Å². The zero-order chi connectivity index (χ0) is 19.6. The molecule has 0 unspecified atom stereocenters. The van der Waals surface area contributed by atoms with Crippen LogP contribution < -0.4 is 9.62 Å². The van der Waals surface area contributed by atoms with E-state index in [9.17, 15) is 17.6 Å². The number of aryl methyl sites for hydroxylation is 1. The zero-order valence-corrected chi connectivity index (χ0v) is 16.5. The van der Waals surface area contributed by atoms with E-state index in [0.717, 1.165) is 15.9 Å². The number of halogens is 3. The fraction of sp³-hybridized carbons (Fsp3) is 0.278. The summed E-state index contributed by atoms with van der Waals surface area (Å²) in [7, 11) is -3.51. The molecule has 27 heavy (non-hydrogen) atoms. The highest BCUT2D eigenvalue weighted by molar-refractivity contribution is 7.93. The van der Waals surface area contributed by atoms with Crippen LogP contribution >= 0.6 is 23.2 Å². The maximum atomic E-state index is 14.1. The molecule has 0 bridgehead atoms. The van der Waals surface area contributed by atoms with E-state index in [0.29, 0.717) is 28.6 Å². The lowest BCUT2D eigenvalue weighted by Crippen LogP contribution is -2.26. The molecule has 2 aromatic rings. The Balaban J connectivity index is 1.69. The monoisotopic (exact) mass is 430 g/mol. The number of carbonyl (C=O) groups is 1. The molecule has 3 rings (SSSR count). The number of benzene rings is 2. The lowest BCUT2D eigenvalue weighted by atomic mass is 10.1. The van der Waals surface area contributed by atoms with Crippen molar-refractivity contribution in [3.05, 3.63) is 57.8 Å². The van der Waals surface area contributed by atoms with Crippen LogP contribution in [0.2, 0.25) is 10.0 Å². The smallest absolute Gasteiger partial charge is 0.235 e. The van der Waals surface area contributed by atoms with Crippen molar-refractivity contribution in [2.75, 3.05) is 21.9 Å². The Kier molecular flexibility index (Phi) is 5.93. The van der Waals surface area contributed by atoms with E-state index in [1.54, 1.807) is 18.2 Å². The predicted molar refractivity (Wildman–Crippen MR) is 106 cm³/mol. The van der Waals surface area contributed by atoms with Gasteiger partial charge < -0.3 is 5.32 Å². The predicted octanol–water partition coefficient (Wildman–Crippen LogP) is 4.24. The van der Waals surface area contributed by atoms with Gasteiger partial charge in [-0.05, 0) is 42.7 Å². The van der Waals surface area contributed by atoms with Gasteiger partial charge in [0.1, 0.15) is 5.82 Å². The van der Waals surface area contributed by atoms with Gasteiger partial charge >= 0.3 is 0 Å². The molecule has 0 aromatic heterocycles. The summed E-state index contributed by atoms with van der Waals surface area (Å²) < 4.78 is 39.2. The minimum absolute atomic E-state index is 0.0105. The number of hydrogen-bond acceptors (Lipinski definition) is 3. The maximum Gasteiger partial charge on any atom is 0.235 e. The Morgan fingerprint density at radius 3 is 2.70 bits per heavy atom. The summed E-state index contributed by atoms with van der Waals surface area (Å²) in [6.07, 6.45) is 0.979. The Hall–Kier alpha value is -1.83. The fourth-order valence-corrected chi connectivity index (χ4v) is 4.88. The number of hydrogen-bond donors (Lipinski definition) is 1. The van der Waals surface area contributed by atoms with E-state index in [1.807, 2.05) is 0 Å². The van der Waals surface area contributed by atoms with Crippen molar-refractivity contribution in [1.82, 2.24) is 0 Å². The SMILES string of the molecule is O=C(CCc1cccc(Cl)c1Cl)Nc1ccc(F)c(N2CCCS2(=O)=O)c1. The Bertz CT molecular complexity index is 983. The number of nitrogens with one attached hydrogen (secondary N) is 1. The van der Waals surface area contributed by atoms with Gasteiger partial charge in [0.15, 0.2) is 0 Å². The summed E-state index contributed by atoms with van der Waals surface area (Å²) in [4.78, 5) is 12.2. The minimum atomic E-state index is -3.51. The fourth-order valence-electron chi connectivity index (χ4n) is 2.90. The number of anilines is 2. The molecule has 0 spiro atoms. The molecule has 1 aliphatic rings. The highest BCUT2D eigenvalue weighted by Gasteiger charge is 2.30. The van der Waals surface area contributed by atoms with Gasteiger partial charge in [-0.25, -0.2) is 12.8 Å². The zero-order valence-electron chi connectivity index (χ0n) is 14.2. The van der Waals surface area contributed by atoms with E-state index in [-0.39, 0.29) is 30.3 Å². The van der Waals surface area contributed by atoms with Crippen LogP contribution in [0.4, 0.5) is 15.8 Å². The molecule has 0 aliphatic carbocycles. The molecule has 0 atom stereocenters. The third-order valence-electron chi connectivity index (χ3n) is 4.25. The summed E-state index contributed by atoms with van der Waals surface area (Å²) >= 11 is 12.1. The van der Waals surface area contributed by atoms with Crippen molar-refractivity contribution >= 4 is 50.5 Å². The Labute approximate surface area is 167 Å². The molecule has 2 aromatic carbocycles. The summed E-state index contributed by atoms with van der Waals surface area (Å²) in [5, 5.41) is 3.49. The van der Waals surface area contributed by atoms with Crippen molar-refractivity contribution < 1.29 is 17.6 Å². The molecule has 1 amide bonds. The second kappa shape index (κ2) is 8.04.